The molecule has 2 aromatic rings. The number of pyridine rings is 1. The quantitative estimate of drug-likeness (QED) is 0.384. The summed E-state index contributed by atoms with van der Waals surface area (Å²) in [4.78, 5) is 4.04. The molecule has 0 bridgehead atoms. The van der Waals surface area contributed by atoms with Crippen LogP contribution in [0.3, 0.4) is 0 Å². The van der Waals surface area contributed by atoms with Crippen LogP contribution in [0, 0.1) is 0 Å². The first kappa shape index (κ1) is 14.1. The highest BCUT2D eigenvalue weighted by molar-refractivity contribution is 6.32. The minimum absolute atomic E-state index is 0.00816. The molecule has 104 valence electrons. The highest BCUT2D eigenvalue weighted by Gasteiger charge is 2.06. The fourth-order valence-electron chi connectivity index (χ4n) is 1.66. The highest BCUT2D eigenvalue weighted by atomic mass is 35.5. The second kappa shape index (κ2) is 6.77. The summed E-state index contributed by atoms with van der Waals surface area (Å²) in [5.41, 5.74) is 7.12. The molecular weight excluding hydrogens is 278 g/mol. The minimum atomic E-state index is 0.00816. The summed E-state index contributed by atoms with van der Waals surface area (Å²) in [6.07, 6.45) is 4.27. The lowest BCUT2D eigenvalue weighted by atomic mass is 10.2. The van der Waals surface area contributed by atoms with Crippen molar-refractivity contribution in [3.8, 4) is 5.75 Å². The third-order valence-electron chi connectivity index (χ3n) is 2.71. The highest BCUT2D eigenvalue weighted by Crippen LogP contribution is 2.25. The second-order valence-electron chi connectivity index (χ2n) is 4.09. The molecule has 0 aliphatic rings. The number of ether oxygens (including phenoxy) is 1. The van der Waals surface area contributed by atoms with Crippen LogP contribution >= 0.6 is 11.6 Å². The summed E-state index contributed by atoms with van der Waals surface area (Å²) >= 11 is 6.08. The standard InChI is InChI=1S/C14H14ClN3O2/c15-12-8-11(14(16)18-19)3-4-13(12)20-7-5-10-2-1-6-17-9-10/h1-4,6,8-9,19H,5,7H2,(H2,16,18). The zero-order chi connectivity index (χ0) is 14.4. The van der Waals surface area contributed by atoms with Crippen LogP contribution in [0.4, 0.5) is 0 Å². The minimum Gasteiger partial charge on any atom is -0.492 e. The van der Waals surface area contributed by atoms with Crippen LogP contribution in [-0.2, 0) is 6.42 Å². The van der Waals surface area contributed by atoms with Crippen molar-refractivity contribution >= 4 is 17.4 Å². The Bertz CT molecular complexity index is 603. The van der Waals surface area contributed by atoms with Gasteiger partial charge in [0.1, 0.15) is 5.75 Å². The van der Waals surface area contributed by atoms with Crippen LogP contribution in [0.1, 0.15) is 11.1 Å². The van der Waals surface area contributed by atoms with Gasteiger partial charge in [-0.2, -0.15) is 0 Å². The topological polar surface area (TPSA) is 80.7 Å². The van der Waals surface area contributed by atoms with Gasteiger partial charge in [-0.1, -0.05) is 22.8 Å². The molecule has 3 N–H and O–H groups in total. The molecule has 0 aliphatic carbocycles. The van der Waals surface area contributed by atoms with E-state index in [9.17, 15) is 0 Å². The van der Waals surface area contributed by atoms with Crippen molar-refractivity contribution in [1.82, 2.24) is 4.98 Å². The van der Waals surface area contributed by atoms with Gasteiger partial charge < -0.3 is 15.7 Å². The molecule has 1 aromatic carbocycles. The predicted molar refractivity (Wildman–Crippen MR) is 77.4 cm³/mol. The molecule has 0 spiro atoms. The zero-order valence-corrected chi connectivity index (χ0v) is 11.4. The Morgan fingerprint density at radius 3 is 2.90 bits per heavy atom. The maximum atomic E-state index is 8.60. The van der Waals surface area contributed by atoms with E-state index in [4.69, 9.17) is 27.3 Å². The maximum absolute atomic E-state index is 8.60. The summed E-state index contributed by atoms with van der Waals surface area (Å²) in [5, 5.41) is 11.9. The lowest BCUT2D eigenvalue weighted by Crippen LogP contribution is -2.13. The molecule has 0 fully saturated rings. The molecular formula is C14H14ClN3O2. The van der Waals surface area contributed by atoms with Gasteiger partial charge in [-0.3, -0.25) is 4.98 Å². The molecule has 0 atom stereocenters. The van der Waals surface area contributed by atoms with Gasteiger partial charge in [0, 0.05) is 24.4 Å². The van der Waals surface area contributed by atoms with Gasteiger partial charge in [0.2, 0.25) is 0 Å². The summed E-state index contributed by atoms with van der Waals surface area (Å²) in [6, 6.07) is 8.84. The van der Waals surface area contributed by atoms with Gasteiger partial charge in [0.15, 0.2) is 5.84 Å². The van der Waals surface area contributed by atoms with E-state index in [0.717, 1.165) is 12.0 Å². The third kappa shape index (κ3) is 3.61. The Morgan fingerprint density at radius 1 is 1.40 bits per heavy atom. The average molecular weight is 292 g/mol. The Hall–Kier alpha value is -2.27. The van der Waals surface area contributed by atoms with Gasteiger partial charge in [-0.25, -0.2) is 0 Å². The molecule has 20 heavy (non-hydrogen) atoms. The maximum Gasteiger partial charge on any atom is 0.170 e. The molecule has 1 heterocycles. The first-order valence-electron chi connectivity index (χ1n) is 6.00. The number of halogens is 1. The number of aromatic nitrogens is 1. The van der Waals surface area contributed by atoms with E-state index >= 15 is 0 Å². The lowest BCUT2D eigenvalue weighted by molar-refractivity contribution is 0.318. The number of nitrogens with zero attached hydrogens (tertiary/aromatic N) is 2. The Kier molecular flexibility index (Phi) is 4.79. The van der Waals surface area contributed by atoms with E-state index in [-0.39, 0.29) is 5.84 Å². The van der Waals surface area contributed by atoms with Crippen molar-refractivity contribution in [3.05, 3.63) is 58.9 Å². The Labute approximate surface area is 121 Å². The Balaban J connectivity index is 1.97. The molecule has 0 saturated carbocycles. The summed E-state index contributed by atoms with van der Waals surface area (Å²) < 4.78 is 5.61. The molecule has 6 heteroatoms. The smallest absolute Gasteiger partial charge is 0.170 e. The van der Waals surface area contributed by atoms with Crippen molar-refractivity contribution in [1.29, 1.82) is 0 Å². The van der Waals surface area contributed by atoms with E-state index in [0.29, 0.717) is 22.9 Å². The molecule has 5 nitrogen and oxygen atoms in total. The normalized spacial score (nSPS) is 11.3. The predicted octanol–water partition coefficient (Wildman–Crippen LogP) is 2.45. The van der Waals surface area contributed by atoms with E-state index in [1.807, 2.05) is 12.1 Å². The van der Waals surface area contributed by atoms with Gasteiger partial charge in [-0.15, -0.1) is 0 Å². The van der Waals surface area contributed by atoms with Crippen molar-refractivity contribution in [2.75, 3.05) is 6.61 Å². The van der Waals surface area contributed by atoms with Crippen LogP contribution in [0.5, 0.6) is 5.75 Å². The SMILES string of the molecule is NC(=NO)c1ccc(OCCc2cccnc2)c(Cl)c1. The first-order chi connectivity index (χ1) is 9.70. The second-order valence-corrected chi connectivity index (χ2v) is 4.50. The van der Waals surface area contributed by atoms with Gasteiger partial charge in [0.25, 0.3) is 0 Å². The molecule has 0 aliphatic heterocycles. The van der Waals surface area contributed by atoms with Crippen molar-refractivity contribution in [2.24, 2.45) is 10.9 Å². The van der Waals surface area contributed by atoms with E-state index in [1.165, 1.54) is 0 Å². The van der Waals surface area contributed by atoms with Crippen LogP contribution in [0.25, 0.3) is 0 Å². The van der Waals surface area contributed by atoms with Crippen LogP contribution in [0.15, 0.2) is 47.9 Å². The van der Waals surface area contributed by atoms with Gasteiger partial charge in [-0.05, 0) is 29.8 Å². The number of hydrogen-bond acceptors (Lipinski definition) is 4. The number of nitrogens with two attached hydrogens (primary N) is 1. The summed E-state index contributed by atoms with van der Waals surface area (Å²) in [6.45, 7) is 0.494. The summed E-state index contributed by atoms with van der Waals surface area (Å²) in [5.74, 6) is 0.568. The van der Waals surface area contributed by atoms with Gasteiger partial charge >= 0.3 is 0 Å². The van der Waals surface area contributed by atoms with Crippen molar-refractivity contribution in [3.63, 3.8) is 0 Å². The largest absolute Gasteiger partial charge is 0.492 e. The van der Waals surface area contributed by atoms with E-state index in [1.54, 1.807) is 30.6 Å². The Morgan fingerprint density at radius 2 is 2.25 bits per heavy atom. The third-order valence-corrected chi connectivity index (χ3v) is 3.00. The number of benzene rings is 1. The molecule has 0 unspecified atom stereocenters. The number of rotatable bonds is 5. The van der Waals surface area contributed by atoms with Crippen molar-refractivity contribution in [2.45, 2.75) is 6.42 Å². The zero-order valence-electron chi connectivity index (χ0n) is 10.7. The summed E-state index contributed by atoms with van der Waals surface area (Å²) in [7, 11) is 0. The molecule has 1 aromatic heterocycles. The molecule has 0 amide bonds. The lowest BCUT2D eigenvalue weighted by Gasteiger charge is -2.09. The fourth-order valence-corrected chi connectivity index (χ4v) is 1.89. The first-order valence-corrected chi connectivity index (χ1v) is 6.37. The van der Waals surface area contributed by atoms with Crippen molar-refractivity contribution < 1.29 is 9.94 Å². The van der Waals surface area contributed by atoms with E-state index < -0.39 is 0 Å². The van der Waals surface area contributed by atoms with E-state index in [2.05, 4.69) is 10.1 Å². The molecule has 2 rings (SSSR count). The van der Waals surface area contributed by atoms with Crippen LogP contribution in [-0.4, -0.2) is 22.6 Å². The molecule has 0 radical (unpaired) electrons. The number of hydrogen-bond donors (Lipinski definition) is 2. The number of amidine groups is 1. The fraction of sp³-hybridized carbons (Fsp3) is 0.143. The molecule has 0 saturated heterocycles. The number of oxime groups is 1. The average Bonchev–Trinajstić information content (AvgIpc) is 2.49. The monoisotopic (exact) mass is 291 g/mol. The van der Waals surface area contributed by atoms with Crippen LogP contribution in [0.2, 0.25) is 5.02 Å². The van der Waals surface area contributed by atoms with Crippen LogP contribution < -0.4 is 10.5 Å². The van der Waals surface area contributed by atoms with Gasteiger partial charge in [0.05, 0.1) is 11.6 Å².